The minimum Gasteiger partial charge on any atom is -0.385 e. The molecule has 0 amide bonds. The van der Waals surface area contributed by atoms with Crippen molar-refractivity contribution in [2.24, 2.45) is 0 Å². The van der Waals surface area contributed by atoms with Gasteiger partial charge in [-0.05, 0) is 26.8 Å². The van der Waals surface area contributed by atoms with Crippen molar-refractivity contribution in [2.75, 3.05) is 26.1 Å². The zero-order valence-corrected chi connectivity index (χ0v) is 8.37. The highest BCUT2D eigenvalue weighted by Crippen LogP contribution is 2.03. The molecule has 2 nitrogen and oxygen atoms in total. The SMILES string of the molecule is COCCCNC(C)(C)CCl. The van der Waals surface area contributed by atoms with Crippen molar-refractivity contribution in [1.29, 1.82) is 0 Å². The molecule has 0 saturated heterocycles. The lowest BCUT2D eigenvalue weighted by molar-refractivity contribution is 0.191. The van der Waals surface area contributed by atoms with Gasteiger partial charge in [0.05, 0.1) is 0 Å². The lowest BCUT2D eigenvalue weighted by Crippen LogP contribution is -2.41. The fraction of sp³-hybridized carbons (Fsp3) is 1.00. The second-order valence-corrected chi connectivity index (χ2v) is 3.56. The zero-order valence-electron chi connectivity index (χ0n) is 7.61. The maximum absolute atomic E-state index is 5.71. The smallest absolute Gasteiger partial charge is 0.0474 e. The van der Waals surface area contributed by atoms with Gasteiger partial charge in [-0.25, -0.2) is 0 Å². The predicted molar refractivity (Wildman–Crippen MR) is 49.3 cm³/mol. The Hall–Kier alpha value is 0.210. The molecular formula is C8H18ClNO. The molecule has 0 aromatic rings. The summed E-state index contributed by atoms with van der Waals surface area (Å²) in [5, 5.41) is 3.33. The van der Waals surface area contributed by atoms with Crippen LogP contribution in [-0.2, 0) is 4.74 Å². The van der Waals surface area contributed by atoms with Crippen LogP contribution in [0.4, 0.5) is 0 Å². The van der Waals surface area contributed by atoms with E-state index < -0.39 is 0 Å². The van der Waals surface area contributed by atoms with Crippen molar-refractivity contribution in [3.63, 3.8) is 0 Å². The molecule has 0 radical (unpaired) electrons. The minimum absolute atomic E-state index is 0.0509. The fourth-order valence-electron chi connectivity index (χ4n) is 0.691. The van der Waals surface area contributed by atoms with E-state index in [1.807, 2.05) is 0 Å². The molecule has 0 bridgehead atoms. The third-order valence-electron chi connectivity index (χ3n) is 1.46. The standard InChI is InChI=1S/C8H18ClNO/c1-8(2,7-9)10-5-4-6-11-3/h10H,4-7H2,1-3H3. The predicted octanol–water partition coefficient (Wildman–Crippen LogP) is 1.63. The van der Waals surface area contributed by atoms with E-state index in [-0.39, 0.29) is 5.54 Å². The van der Waals surface area contributed by atoms with E-state index in [1.54, 1.807) is 7.11 Å². The molecular weight excluding hydrogens is 162 g/mol. The number of nitrogens with one attached hydrogen (secondary N) is 1. The Kier molecular flexibility index (Phi) is 5.92. The number of ether oxygens (including phenoxy) is 1. The fourth-order valence-corrected chi connectivity index (χ4v) is 0.785. The first-order valence-corrected chi connectivity index (χ1v) is 4.46. The van der Waals surface area contributed by atoms with Crippen molar-refractivity contribution in [2.45, 2.75) is 25.8 Å². The molecule has 0 saturated carbocycles. The van der Waals surface area contributed by atoms with Crippen molar-refractivity contribution >= 4 is 11.6 Å². The summed E-state index contributed by atoms with van der Waals surface area (Å²) in [6.07, 6.45) is 1.04. The highest BCUT2D eigenvalue weighted by molar-refractivity contribution is 6.18. The highest BCUT2D eigenvalue weighted by Gasteiger charge is 2.13. The maximum Gasteiger partial charge on any atom is 0.0474 e. The molecule has 0 fully saturated rings. The summed E-state index contributed by atoms with van der Waals surface area (Å²) in [6.45, 7) is 5.96. The van der Waals surface area contributed by atoms with Gasteiger partial charge in [-0.2, -0.15) is 0 Å². The Morgan fingerprint density at radius 3 is 2.55 bits per heavy atom. The van der Waals surface area contributed by atoms with Gasteiger partial charge in [-0.3, -0.25) is 0 Å². The summed E-state index contributed by atoms with van der Waals surface area (Å²) in [5.41, 5.74) is 0.0509. The van der Waals surface area contributed by atoms with Gasteiger partial charge < -0.3 is 10.1 Å². The topological polar surface area (TPSA) is 21.3 Å². The van der Waals surface area contributed by atoms with Gasteiger partial charge in [0.25, 0.3) is 0 Å². The average molecular weight is 180 g/mol. The van der Waals surface area contributed by atoms with Gasteiger partial charge in [-0.1, -0.05) is 0 Å². The van der Waals surface area contributed by atoms with Gasteiger partial charge >= 0.3 is 0 Å². The molecule has 0 heterocycles. The van der Waals surface area contributed by atoms with Gasteiger partial charge in [0.1, 0.15) is 0 Å². The minimum atomic E-state index is 0.0509. The van der Waals surface area contributed by atoms with Gasteiger partial charge in [0, 0.05) is 25.1 Å². The normalized spacial score (nSPS) is 12.0. The van der Waals surface area contributed by atoms with E-state index >= 15 is 0 Å². The monoisotopic (exact) mass is 179 g/mol. The Morgan fingerprint density at radius 2 is 2.09 bits per heavy atom. The highest BCUT2D eigenvalue weighted by atomic mass is 35.5. The molecule has 0 aliphatic heterocycles. The van der Waals surface area contributed by atoms with Crippen molar-refractivity contribution in [3.8, 4) is 0 Å². The van der Waals surface area contributed by atoms with Crippen LogP contribution in [0.25, 0.3) is 0 Å². The molecule has 0 aliphatic carbocycles. The van der Waals surface area contributed by atoms with Gasteiger partial charge in [0.2, 0.25) is 0 Å². The van der Waals surface area contributed by atoms with Crippen molar-refractivity contribution in [3.05, 3.63) is 0 Å². The molecule has 1 N–H and O–H groups in total. The van der Waals surface area contributed by atoms with E-state index in [0.29, 0.717) is 5.88 Å². The van der Waals surface area contributed by atoms with E-state index in [4.69, 9.17) is 16.3 Å². The molecule has 0 aromatic carbocycles. The number of alkyl halides is 1. The Morgan fingerprint density at radius 1 is 1.45 bits per heavy atom. The van der Waals surface area contributed by atoms with Crippen LogP contribution in [0.2, 0.25) is 0 Å². The number of hydrogen-bond acceptors (Lipinski definition) is 2. The number of halogens is 1. The largest absolute Gasteiger partial charge is 0.385 e. The summed E-state index contributed by atoms with van der Waals surface area (Å²) >= 11 is 5.71. The van der Waals surface area contributed by atoms with E-state index in [2.05, 4.69) is 19.2 Å². The quantitative estimate of drug-likeness (QED) is 0.495. The molecule has 0 atom stereocenters. The summed E-state index contributed by atoms with van der Waals surface area (Å²) in [7, 11) is 1.71. The van der Waals surface area contributed by atoms with E-state index in [0.717, 1.165) is 19.6 Å². The van der Waals surface area contributed by atoms with Crippen LogP contribution in [0.15, 0.2) is 0 Å². The van der Waals surface area contributed by atoms with E-state index in [1.165, 1.54) is 0 Å². The van der Waals surface area contributed by atoms with E-state index in [9.17, 15) is 0 Å². The Balaban J connectivity index is 3.23. The van der Waals surface area contributed by atoms with Crippen LogP contribution in [-0.4, -0.2) is 31.7 Å². The summed E-state index contributed by atoms with van der Waals surface area (Å²) in [5.74, 6) is 0.639. The number of methoxy groups -OCH3 is 1. The summed E-state index contributed by atoms with van der Waals surface area (Å²) < 4.78 is 4.92. The van der Waals surface area contributed by atoms with Crippen LogP contribution in [0.1, 0.15) is 20.3 Å². The molecule has 0 aromatic heterocycles. The first-order valence-electron chi connectivity index (χ1n) is 3.92. The van der Waals surface area contributed by atoms with Crippen LogP contribution in [0.3, 0.4) is 0 Å². The zero-order chi connectivity index (χ0) is 8.74. The van der Waals surface area contributed by atoms with Gasteiger partial charge in [0.15, 0.2) is 0 Å². The molecule has 0 unspecified atom stereocenters. The first kappa shape index (κ1) is 11.2. The second kappa shape index (κ2) is 5.81. The molecule has 3 heteroatoms. The molecule has 11 heavy (non-hydrogen) atoms. The summed E-state index contributed by atoms with van der Waals surface area (Å²) in [6, 6.07) is 0. The lowest BCUT2D eigenvalue weighted by Gasteiger charge is -2.23. The van der Waals surface area contributed by atoms with Crippen LogP contribution >= 0.6 is 11.6 Å². The number of hydrogen-bond donors (Lipinski definition) is 1. The maximum atomic E-state index is 5.71. The first-order chi connectivity index (χ1) is 5.12. The lowest BCUT2D eigenvalue weighted by atomic mass is 10.1. The third kappa shape index (κ3) is 6.60. The van der Waals surface area contributed by atoms with Crippen LogP contribution < -0.4 is 5.32 Å². The molecule has 68 valence electrons. The van der Waals surface area contributed by atoms with Gasteiger partial charge in [-0.15, -0.1) is 11.6 Å². The summed E-state index contributed by atoms with van der Waals surface area (Å²) in [4.78, 5) is 0. The Bertz CT molecular complexity index is 96.1. The molecule has 0 aliphatic rings. The number of rotatable bonds is 6. The average Bonchev–Trinajstić information content (AvgIpc) is 1.99. The van der Waals surface area contributed by atoms with Crippen molar-refractivity contribution in [1.82, 2.24) is 5.32 Å². The third-order valence-corrected chi connectivity index (χ3v) is 2.13. The molecule has 0 spiro atoms. The molecule has 0 rings (SSSR count). The van der Waals surface area contributed by atoms with Crippen LogP contribution in [0, 0.1) is 0 Å². The Labute approximate surface area is 74.3 Å². The van der Waals surface area contributed by atoms with Crippen molar-refractivity contribution < 1.29 is 4.74 Å². The second-order valence-electron chi connectivity index (χ2n) is 3.29. The van der Waals surface area contributed by atoms with Crippen LogP contribution in [0.5, 0.6) is 0 Å².